The summed E-state index contributed by atoms with van der Waals surface area (Å²) in [6.07, 6.45) is 4.28. The molecule has 2 rings (SSSR count). The van der Waals surface area contributed by atoms with Crippen LogP contribution in [0.15, 0.2) is 29.2 Å². The second-order valence-corrected chi connectivity index (χ2v) is 6.38. The van der Waals surface area contributed by atoms with Crippen LogP contribution in [0.4, 0.5) is 0 Å². The van der Waals surface area contributed by atoms with Gasteiger partial charge in [-0.05, 0) is 25.0 Å². The summed E-state index contributed by atoms with van der Waals surface area (Å²) >= 11 is 7.52. The highest BCUT2D eigenvalue weighted by atomic mass is 35.5. The van der Waals surface area contributed by atoms with E-state index in [1.807, 2.05) is 24.3 Å². The average Bonchev–Trinajstić information content (AvgIpc) is 2.87. The minimum atomic E-state index is -0.169. The summed E-state index contributed by atoms with van der Waals surface area (Å²) in [7, 11) is 0. The Morgan fingerprint density at radius 3 is 2.60 bits per heavy atom. The molecule has 112 valence electrons. The summed E-state index contributed by atoms with van der Waals surface area (Å²) in [5.41, 5.74) is 5.64. The minimum Gasteiger partial charge on any atom is -0.349 e. The Kier molecular flexibility index (Phi) is 7.17. The number of hydrogen-bond donors (Lipinski definition) is 2. The molecule has 0 aromatic heterocycles. The van der Waals surface area contributed by atoms with Crippen LogP contribution >= 0.6 is 35.8 Å². The summed E-state index contributed by atoms with van der Waals surface area (Å²) in [6, 6.07) is 7.56. The van der Waals surface area contributed by atoms with Crippen molar-refractivity contribution in [2.24, 2.45) is 5.73 Å². The number of thioether (sulfide) groups is 1. The van der Waals surface area contributed by atoms with E-state index in [1.54, 1.807) is 0 Å². The topological polar surface area (TPSA) is 55.1 Å². The van der Waals surface area contributed by atoms with Crippen LogP contribution in [0.1, 0.15) is 25.7 Å². The Balaban J connectivity index is 0.00000200. The highest BCUT2D eigenvalue weighted by molar-refractivity contribution is 8.00. The first-order chi connectivity index (χ1) is 9.15. The van der Waals surface area contributed by atoms with Crippen molar-refractivity contribution in [3.05, 3.63) is 29.3 Å². The molecule has 0 radical (unpaired) electrons. The molecule has 20 heavy (non-hydrogen) atoms. The zero-order valence-corrected chi connectivity index (χ0v) is 13.6. The zero-order valence-electron chi connectivity index (χ0n) is 11.2. The molecule has 1 aliphatic rings. The van der Waals surface area contributed by atoms with E-state index in [1.165, 1.54) is 11.8 Å². The molecule has 1 aromatic rings. The van der Waals surface area contributed by atoms with Crippen molar-refractivity contribution in [1.82, 2.24) is 5.32 Å². The van der Waals surface area contributed by atoms with E-state index >= 15 is 0 Å². The van der Waals surface area contributed by atoms with Gasteiger partial charge in [0.25, 0.3) is 0 Å². The molecule has 1 amide bonds. The van der Waals surface area contributed by atoms with Crippen molar-refractivity contribution in [2.45, 2.75) is 36.1 Å². The number of carbonyl (C=O) groups excluding carboxylic acids is 1. The number of rotatable bonds is 5. The van der Waals surface area contributed by atoms with Crippen LogP contribution < -0.4 is 11.1 Å². The molecule has 0 heterocycles. The van der Waals surface area contributed by atoms with E-state index in [9.17, 15) is 4.79 Å². The van der Waals surface area contributed by atoms with Crippen LogP contribution in [0.25, 0.3) is 0 Å². The molecule has 0 atom stereocenters. The SMILES string of the molecule is Cl.NCC1(NC(=O)CSc2ccccc2Cl)CCCC1. The number of amides is 1. The summed E-state index contributed by atoms with van der Waals surface area (Å²) in [4.78, 5) is 13.0. The number of nitrogens with two attached hydrogens (primary N) is 1. The van der Waals surface area contributed by atoms with Crippen molar-refractivity contribution in [2.75, 3.05) is 12.3 Å². The van der Waals surface area contributed by atoms with Gasteiger partial charge in [-0.15, -0.1) is 24.2 Å². The first-order valence-electron chi connectivity index (χ1n) is 6.54. The molecule has 1 fully saturated rings. The molecule has 0 spiro atoms. The van der Waals surface area contributed by atoms with Crippen molar-refractivity contribution >= 4 is 41.7 Å². The third-order valence-corrected chi connectivity index (χ3v) is 5.07. The molecule has 0 saturated heterocycles. The average molecular weight is 335 g/mol. The maximum absolute atomic E-state index is 12.0. The normalized spacial score (nSPS) is 16.5. The van der Waals surface area contributed by atoms with Gasteiger partial charge in [-0.3, -0.25) is 4.79 Å². The molecule has 0 bridgehead atoms. The molecule has 1 aliphatic carbocycles. The second kappa shape index (κ2) is 8.13. The second-order valence-electron chi connectivity index (χ2n) is 4.96. The van der Waals surface area contributed by atoms with Crippen molar-refractivity contribution < 1.29 is 4.79 Å². The smallest absolute Gasteiger partial charge is 0.230 e. The molecular weight excluding hydrogens is 315 g/mol. The maximum atomic E-state index is 12.0. The number of nitrogens with one attached hydrogen (secondary N) is 1. The van der Waals surface area contributed by atoms with Crippen molar-refractivity contribution in [3.8, 4) is 0 Å². The molecule has 6 heteroatoms. The summed E-state index contributed by atoms with van der Waals surface area (Å²) in [6.45, 7) is 0.523. The van der Waals surface area contributed by atoms with Crippen LogP contribution in [0.5, 0.6) is 0 Å². The van der Waals surface area contributed by atoms with Gasteiger partial charge in [0, 0.05) is 11.4 Å². The molecule has 3 nitrogen and oxygen atoms in total. The van der Waals surface area contributed by atoms with Gasteiger partial charge >= 0.3 is 0 Å². The van der Waals surface area contributed by atoms with Crippen LogP contribution in [-0.2, 0) is 4.79 Å². The Hall–Kier alpha value is -0.420. The van der Waals surface area contributed by atoms with E-state index in [0.717, 1.165) is 30.6 Å². The Morgan fingerprint density at radius 1 is 1.35 bits per heavy atom. The highest BCUT2D eigenvalue weighted by Gasteiger charge is 2.33. The lowest BCUT2D eigenvalue weighted by Gasteiger charge is -2.28. The molecule has 0 unspecified atom stereocenters. The largest absolute Gasteiger partial charge is 0.349 e. The van der Waals surface area contributed by atoms with Gasteiger partial charge in [0.2, 0.25) is 5.91 Å². The Morgan fingerprint density at radius 2 is 2.00 bits per heavy atom. The molecule has 3 N–H and O–H groups in total. The van der Waals surface area contributed by atoms with E-state index < -0.39 is 0 Å². The first-order valence-corrected chi connectivity index (χ1v) is 7.90. The fourth-order valence-corrected chi connectivity index (χ4v) is 3.51. The molecule has 1 aromatic carbocycles. The summed E-state index contributed by atoms with van der Waals surface area (Å²) in [5.74, 6) is 0.420. The Bertz CT molecular complexity index is 451. The summed E-state index contributed by atoms with van der Waals surface area (Å²) in [5, 5.41) is 3.79. The van der Waals surface area contributed by atoms with Crippen LogP contribution in [0.2, 0.25) is 5.02 Å². The van der Waals surface area contributed by atoms with Crippen LogP contribution in [0, 0.1) is 0 Å². The lowest BCUT2D eigenvalue weighted by Crippen LogP contribution is -2.52. The maximum Gasteiger partial charge on any atom is 0.230 e. The van der Waals surface area contributed by atoms with Gasteiger partial charge in [-0.2, -0.15) is 0 Å². The zero-order chi connectivity index (χ0) is 13.7. The standard InChI is InChI=1S/C14H19ClN2OS.ClH/c15-11-5-1-2-6-12(11)19-9-13(18)17-14(10-16)7-3-4-8-14;/h1-2,5-6H,3-4,7-10,16H2,(H,17,18);1H. The fraction of sp³-hybridized carbons (Fsp3) is 0.500. The lowest BCUT2D eigenvalue weighted by atomic mass is 9.98. The quantitative estimate of drug-likeness (QED) is 0.812. The number of carbonyl (C=O) groups is 1. The highest BCUT2D eigenvalue weighted by Crippen LogP contribution is 2.30. The van der Waals surface area contributed by atoms with Gasteiger partial charge < -0.3 is 11.1 Å². The predicted octanol–water partition coefficient (Wildman–Crippen LogP) is 3.24. The van der Waals surface area contributed by atoms with Gasteiger partial charge in [0.05, 0.1) is 16.3 Å². The van der Waals surface area contributed by atoms with E-state index in [-0.39, 0.29) is 23.9 Å². The lowest BCUT2D eigenvalue weighted by molar-refractivity contribution is -0.120. The van der Waals surface area contributed by atoms with Gasteiger partial charge in [-0.25, -0.2) is 0 Å². The van der Waals surface area contributed by atoms with Gasteiger partial charge in [-0.1, -0.05) is 36.6 Å². The molecular formula is C14H20Cl2N2OS. The van der Waals surface area contributed by atoms with Gasteiger partial charge in [0.15, 0.2) is 0 Å². The minimum absolute atomic E-state index is 0. The predicted molar refractivity (Wildman–Crippen MR) is 87.8 cm³/mol. The molecule has 1 saturated carbocycles. The Labute approximate surface area is 135 Å². The third-order valence-electron chi connectivity index (χ3n) is 3.55. The summed E-state index contributed by atoms with van der Waals surface area (Å²) < 4.78 is 0. The number of hydrogen-bond acceptors (Lipinski definition) is 3. The fourth-order valence-electron chi connectivity index (χ4n) is 2.47. The van der Waals surface area contributed by atoms with E-state index in [4.69, 9.17) is 17.3 Å². The number of halogens is 2. The van der Waals surface area contributed by atoms with Gasteiger partial charge in [0.1, 0.15) is 0 Å². The van der Waals surface area contributed by atoms with Crippen LogP contribution in [0.3, 0.4) is 0 Å². The van der Waals surface area contributed by atoms with Crippen LogP contribution in [-0.4, -0.2) is 23.7 Å². The third kappa shape index (κ3) is 4.55. The first kappa shape index (κ1) is 17.6. The van der Waals surface area contributed by atoms with E-state index in [0.29, 0.717) is 17.3 Å². The monoisotopic (exact) mass is 334 g/mol. The van der Waals surface area contributed by atoms with E-state index in [2.05, 4.69) is 5.32 Å². The molecule has 0 aliphatic heterocycles. The number of benzene rings is 1. The van der Waals surface area contributed by atoms with Crippen molar-refractivity contribution in [3.63, 3.8) is 0 Å². The van der Waals surface area contributed by atoms with Crippen molar-refractivity contribution in [1.29, 1.82) is 0 Å².